The molecule has 28 heavy (non-hydrogen) atoms. The third-order valence-electron chi connectivity index (χ3n) is 5.95. The largest absolute Gasteiger partial charge is 0.444 e. The van der Waals surface area contributed by atoms with Gasteiger partial charge in [0.2, 0.25) is 0 Å². The number of benzene rings is 1. The van der Waals surface area contributed by atoms with E-state index in [1.807, 2.05) is 32.1 Å². The van der Waals surface area contributed by atoms with Crippen LogP contribution in [0.5, 0.6) is 0 Å². The van der Waals surface area contributed by atoms with Gasteiger partial charge in [0.25, 0.3) is 0 Å². The van der Waals surface area contributed by atoms with Crippen molar-refractivity contribution in [1.82, 2.24) is 10.2 Å². The van der Waals surface area contributed by atoms with E-state index in [-0.39, 0.29) is 12.1 Å². The summed E-state index contributed by atoms with van der Waals surface area (Å²) in [6.45, 7) is 7.55. The van der Waals surface area contributed by atoms with Crippen LogP contribution in [0.4, 0.5) is 4.79 Å². The number of carbonyl (C=O) groups is 1. The molecule has 2 aliphatic rings. The zero-order valence-corrected chi connectivity index (χ0v) is 18.1. The molecular formula is C23H32N2O2S. The van der Waals surface area contributed by atoms with Crippen LogP contribution in [0.15, 0.2) is 30.3 Å². The summed E-state index contributed by atoms with van der Waals surface area (Å²) in [7, 11) is 0. The molecule has 1 aromatic carbocycles. The summed E-state index contributed by atoms with van der Waals surface area (Å²) in [4.78, 5) is 16.4. The maximum absolute atomic E-state index is 13.0. The Labute approximate surface area is 172 Å². The summed E-state index contributed by atoms with van der Waals surface area (Å²) >= 11 is 1.85. The van der Waals surface area contributed by atoms with Gasteiger partial charge in [-0.05, 0) is 63.5 Å². The zero-order valence-electron chi connectivity index (χ0n) is 17.2. The highest BCUT2D eigenvalue weighted by Gasteiger charge is 2.45. The van der Waals surface area contributed by atoms with Crippen molar-refractivity contribution in [3.63, 3.8) is 0 Å². The van der Waals surface area contributed by atoms with E-state index in [0.29, 0.717) is 12.0 Å². The van der Waals surface area contributed by atoms with Gasteiger partial charge in [-0.3, -0.25) is 0 Å². The van der Waals surface area contributed by atoms with Crippen LogP contribution in [0.3, 0.4) is 0 Å². The van der Waals surface area contributed by atoms with Crippen molar-refractivity contribution in [2.45, 2.75) is 77.1 Å². The Morgan fingerprint density at radius 2 is 2.04 bits per heavy atom. The number of nitrogens with zero attached hydrogens (tertiary/aromatic N) is 1. The van der Waals surface area contributed by atoms with Crippen LogP contribution < -0.4 is 5.32 Å². The molecule has 0 bridgehead atoms. The molecule has 3 atom stereocenters. The van der Waals surface area contributed by atoms with Gasteiger partial charge < -0.3 is 15.0 Å². The van der Waals surface area contributed by atoms with Crippen LogP contribution in [0, 0.1) is 5.92 Å². The van der Waals surface area contributed by atoms with E-state index >= 15 is 0 Å². The van der Waals surface area contributed by atoms with E-state index in [1.54, 1.807) is 0 Å². The van der Waals surface area contributed by atoms with Gasteiger partial charge in [0, 0.05) is 34.8 Å². The van der Waals surface area contributed by atoms with Crippen molar-refractivity contribution >= 4 is 27.5 Å². The van der Waals surface area contributed by atoms with Crippen molar-refractivity contribution in [1.29, 1.82) is 0 Å². The summed E-state index contributed by atoms with van der Waals surface area (Å²) in [6.07, 6.45) is 5.86. The minimum absolute atomic E-state index is 0.129. The molecule has 152 valence electrons. The monoisotopic (exact) mass is 400 g/mol. The Morgan fingerprint density at radius 3 is 2.82 bits per heavy atom. The number of thiophene rings is 1. The van der Waals surface area contributed by atoms with E-state index in [9.17, 15) is 4.79 Å². The molecule has 0 spiro atoms. The predicted octanol–water partition coefficient (Wildman–Crippen LogP) is 5.56. The molecule has 4 rings (SSSR count). The van der Waals surface area contributed by atoms with Crippen molar-refractivity contribution in [2.24, 2.45) is 5.92 Å². The SMILES string of the molecule is CC(C)(C)OC(=O)N1[C@H](CNCc2cc3ccccc3s2)C[C@@H]2CCCC[C@@H]21. The normalized spacial score (nSPS) is 25.1. The molecule has 1 N–H and O–H groups in total. The second-order valence-corrected chi connectivity index (χ2v) is 10.4. The lowest BCUT2D eigenvalue weighted by Gasteiger charge is -2.35. The Kier molecular flexibility index (Phi) is 5.66. The third kappa shape index (κ3) is 4.36. The number of rotatable bonds is 4. The molecule has 1 saturated carbocycles. The lowest BCUT2D eigenvalue weighted by Crippen LogP contribution is -2.48. The first-order valence-electron chi connectivity index (χ1n) is 10.6. The molecule has 0 radical (unpaired) electrons. The lowest BCUT2D eigenvalue weighted by atomic mass is 9.85. The van der Waals surface area contributed by atoms with Gasteiger partial charge in [0.1, 0.15) is 5.60 Å². The molecule has 5 heteroatoms. The van der Waals surface area contributed by atoms with Crippen LogP contribution in [-0.4, -0.2) is 35.2 Å². The maximum atomic E-state index is 13.0. The highest BCUT2D eigenvalue weighted by Crippen LogP contribution is 2.40. The van der Waals surface area contributed by atoms with Crippen LogP contribution in [0.1, 0.15) is 57.8 Å². The number of carbonyl (C=O) groups excluding carboxylic acids is 1. The summed E-state index contributed by atoms with van der Waals surface area (Å²) in [6, 6.07) is 11.4. The average Bonchev–Trinajstić information content (AvgIpc) is 3.20. The summed E-state index contributed by atoms with van der Waals surface area (Å²) < 4.78 is 7.10. The number of likely N-dealkylation sites (tertiary alicyclic amines) is 1. The molecular weight excluding hydrogens is 368 g/mol. The Morgan fingerprint density at radius 1 is 1.25 bits per heavy atom. The zero-order chi connectivity index (χ0) is 19.7. The standard InChI is InChI=1S/C23H32N2O2S/c1-23(2,3)27-22(26)25-18(12-16-8-4-6-10-20(16)25)14-24-15-19-13-17-9-5-7-11-21(17)28-19/h5,7,9,11,13,16,18,20,24H,4,6,8,10,12,14-15H2,1-3H3/t16-,18-,20-/m0/s1. The Bertz CT molecular complexity index is 792. The summed E-state index contributed by atoms with van der Waals surface area (Å²) in [5.41, 5.74) is -0.446. The lowest BCUT2D eigenvalue weighted by molar-refractivity contribution is 0.0104. The smallest absolute Gasteiger partial charge is 0.410 e. The molecule has 2 heterocycles. The first-order valence-corrected chi connectivity index (χ1v) is 11.4. The number of amides is 1. The van der Waals surface area contributed by atoms with Gasteiger partial charge >= 0.3 is 6.09 Å². The van der Waals surface area contributed by atoms with E-state index in [0.717, 1.165) is 25.9 Å². The quantitative estimate of drug-likeness (QED) is 0.730. The van der Waals surface area contributed by atoms with Gasteiger partial charge in [0.05, 0.1) is 0 Å². The fourth-order valence-corrected chi connectivity index (χ4v) is 5.86. The second-order valence-electron chi connectivity index (χ2n) is 9.27. The molecule has 1 saturated heterocycles. The third-order valence-corrected chi connectivity index (χ3v) is 7.07. The second kappa shape index (κ2) is 8.03. The molecule has 2 fully saturated rings. The first-order chi connectivity index (χ1) is 13.4. The highest BCUT2D eigenvalue weighted by atomic mass is 32.1. The van der Waals surface area contributed by atoms with E-state index in [1.165, 1.54) is 34.2 Å². The van der Waals surface area contributed by atoms with Crippen molar-refractivity contribution in [3.05, 3.63) is 35.2 Å². The van der Waals surface area contributed by atoms with Crippen LogP contribution >= 0.6 is 11.3 Å². The molecule has 1 aliphatic carbocycles. The van der Waals surface area contributed by atoms with Crippen molar-refractivity contribution in [2.75, 3.05) is 6.54 Å². The summed E-state index contributed by atoms with van der Waals surface area (Å²) in [5, 5.41) is 4.93. The van der Waals surface area contributed by atoms with Gasteiger partial charge in [-0.2, -0.15) is 0 Å². The number of fused-ring (bicyclic) bond motifs is 2. The predicted molar refractivity (Wildman–Crippen MR) is 116 cm³/mol. The van der Waals surface area contributed by atoms with E-state index in [2.05, 4.69) is 40.5 Å². The Balaban J connectivity index is 1.41. The fourth-order valence-electron chi connectivity index (χ4n) is 4.83. The molecule has 1 aliphatic heterocycles. The summed E-state index contributed by atoms with van der Waals surface area (Å²) in [5.74, 6) is 0.636. The molecule has 1 aromatic heterocycles. The molecule has 4 nitrogen and oxygen atoms in total. The van der Waals surface area contributed by atoms with Gasteiger partial charge in [-0.25, -0.2) is 4.79 Å². The van der Waals surface area contributed by atoms with Gasteiger partial charge in [0.15, 0.2) is 0 Å². The topological polar surface area (TPSA) is 41.6 Å². The minimum atomic E-state index is -0.446. The number of hydrogen-bond acceptors (Lipinski definition) is 4. The maximum Gasteiger partial charge on any atom is 0.410 e. The molecule has 0 unspecified atom stereocenters. The minimum Gasteiger partial charge on any atom is -0.444 e. The highest BCUT2D eigenvalue weighted by molar-refractivity contribution is 7.19. The van der Waals surface area contributed by atoms with E-state index < -0.39 is 5.60 Å². The Hall–Kier alpha value is -1.59. The fraction of sp³-hybridized carbons (Fsp3) is 0.609. The average molecular weight is 401 g/mol. The molecule has 2 aromatic rings. The van der Waals surface area contributed by atoms with Crippen LogP contribution in [0.25, 0.3) is 10.1 Å². The van der Waals surface area contributed by atoms with Crippen LogP contribution in [0.2, 0.25) is 0 Å². The molecule has 1 amide bonds. The van der Waals surface area contributed by atoms with Gasteiger partial charge in [-0.15, -0.1) is 11.3 Å². The first kappa shape index (κ1) is 19.7. The number of ether oxygens (including phenoxy) is 1. The number of nitrogens with one attached hydrogen (secondary N) is 1. The van der Waals surface area contributed by atoms with E-state index in [4.69, 9.17) is 4.74 Å². The van der Waals surface area contributed by atoms with Crippen molar-refractivity contribution < 1.29 is 9.53 Å². The van der Waals surface area contributed by atoms with Crippen molar-refractivity contribution in [3.8, 4) is 0 Å². The van der Waals surface area contributed by atoms with Crippen LogP contribution in [-0.2, 0) is 11.3 Å². The van der Waals surface area contributed by atoms with Gasteiger partial charge in [-0.1, -0.05) is 31.0 Å². The number of hydrogen-bond donors (Lipinski definition) is 1.